The molecule has 2 N–H and O–H groups in total. The van der Waals surface area contributed by atoms with E-state index in [-0.39, 0.29) is 23.5 Å². The number of sulfonamides is 1. The second-order valence-corrected chi connectivity index (χ2v) is 9.89. The quantitative estimate of drug-likeness (QED) is 0.455. The van der Waals surface area contributed by atoms with Crippen LogP contribution < -0.4 is 14.8 Å². The van der Waals surface area contributed by atoms with Gasteiger partial charge in [-0.2, -0.15) is 0 Å². The van der Waals surface area contributed by atoms with E-state index in [1.807, 2.05) is 13.0 Å². The summed E-state index contributed by atoms with van der Waals surface area (Å²) in [7, 11) is -2.27. The van der Waals surface area contributed by atoms with E-state index >= 15 is 0 Å². The average Bonchev–Trinajstić information content (AvgIpc) is 3.20. The third-order valence-electron chi connectivity index (χ3n) is 4.66. The highest BCUT2D eigenvalue weighted by Crippen LogP contribution is 2.28. The molecule has 3 aromatic rings. The van der Waals surface area contributed by atoms with Crippen molar-refractivity contribution in [2.24, 2.45) is 0 Å². The lowest BCUT2D eigenvalue weighted by Crippen LogP contribution is -2.31. The van der Waals surface area contributed by atoms with Crippen molar-refractivity contribution in [1.29, 1.82) is 0 Å². The van der Waals surface area contributed by atoms with Crippen molar-refractivity contribution >= 4 is 49.0 Å². The maximum absolute atomic E-state index is 12.3. The molecule has 1 heterocycles. The van der Waals surface area contributed by atoms with Gasteiger partial charge in [0.2, 0.25) is 10.0 Å². The van der Waals surface area contributed by atoms with Crippen molar-refractivity contribution in [2.75, 3.05) is 19.0 Å². The molecule has 32 heavy (non-hydrogen) atoms. The molecule has 8 nitrogen and oxygen atoms in total. The van der Waals surface area contributed by atoms with E-state index in [1.54, 1.807) is 25.1 Å². The van der Waals surface area contributed by atoms with Crippen LogP contribution in [0.25, 0.3) is 10.1 Å². The van der Waals surface area contributed by atoms with Crippen LogP contribution in [0.15, 0.2) is 53.4 Å². The monoisotopic (exact) mass is 476 g/mol. The molecule has 0 spiro atoms. The van der Waals surface area contributed by atoms with Crippen molar-refractivity contribution in [3.05, 3.63) is 53.4 Å². The Bertz CT molecular complexity index is 1220. The number of nitrogens with one attached hydrogen (secondary N) is 2. The maximum Gasteiger partial charge on any atom is 0.348 e. The minimum absolute atomic E-state index is 0.130. The number of hydrogen-bond donors (Lipinski definition) is 2. The fraction of sp³-hybridized carbons (Fsp3) is 0.273. The van der Waals surface area contributed by atoms with E-state index in [0.717, 1.165) is 10.1 Å². The van der Waals surface area contributed by atoms with Crippen molar-refractivity contribution in [1.82, 2.24) is 4.72 Å². The Labute approximate surface area is 190 Å². The van der Waals surface area contributed by atoms with Gasteiger partial charge in [-0.3, -0.25) is 4.79 Å². The normalized spacial score (nSPS) is 12.3. The Morgan fingerprint density at radius 2 is 1.81 bits per heavy atom. The lowest BCUT2D eigenvalue weighted by Gasteiger charge is -2.12. The van der Waals surface area contributed by atoms with Gasteiger partial charge < -0.3 is 14.8 Å². The van der Waals surface area contributed by atoms with Crippen LogP contribution in [0.4, 0.5) is 5.69 Å². The summed E-state index contributed by atoms with van der Waals surface area (Å²) < 4.78 is 38.3. The highest BCUT2D eigenvalue weighted by Gasteiger charge is 2.16. The predicted octanol–water partition coefficient (Wildman–Crippen LogP) is 3.78. The summed E-state index contributed by atoms with van der Waals surface area (Å²) in [6.07, 6.45) is 0.682. The van der Waals surface area contributed by atoms with E-state index in [2.05, 4.69) is 10.0 Å². The average molecular weight is 477 g/mol. The minimum atomic E-state index is -3.60. The number of methoxy groups -OCH3 is 1. The van der Waals surface area contributed by atoms with Gasteiger partial charge >= 0.3 is 5.97 Å². The van der Waals surface area contributed by atoms with Crippen LogP contribution in [0.2, 0.25) is 0 Å². The van der Waals surface area contributed by atoms with Crippen molar-refractivity contribution < 1.29 is 27.5 Å². The van der Waals surface area contributed by atoms with Crippen LogP contribution in [0.3, 0.4) is 0 Å². The Morgan fingerprint density at radius 3 is 2.47 bits per heavy atom. The third-order valence-corrected chi connectivity index (χ3v) is 7.36. The van der Waals surface area contributed by atoms with Crippen LogP contribution >= 0.6 is 11.3 Å². The summed E-state index contributed by atoms with van der Waals surface area (Å²) in [5, 5.41) is 3.56. The topological polar surface area (TPSA) is 111 Å². The van der Waals surface area contributed by atoms with E-state index in [4.69, 9.17) is 9.47 Å². The standard InChI is InChI=1S/C22H24N2O6S2/c1-4-14(2)24-32(27,28)18-8-6-17(7-9-18)30-13-21(25)23-16-5-10-19-15(11-16)12-20(31-19)22(26)29-3/h5-12,14,24H,4,13H2,1-3H3,(H,23,25)/t14-/m0/s1. The van der Waals surface area contributed by atoms with E-state index < -0.39 is 16.0 Å². The Kier molecular flexibility index (Phi) is 7.49. The van der Waals surface area contributed by atoms with Crippen molar-refractivity contribution in [2.45, 2.75) is 31.2 Å². The maximum atomic E-state index is 12.3. The highest BCUT2D eigenvalue weighted by molar-refractivity contribution is 7.89. The number of amides is 1. The lowest BCUT2D eigenvalue weighted by molar-refractivity contribution is -0.118. The molecule has 0 fully saturated rings. The summed E-state index contributed by atoms with van der Waals surface area (Å²) in [6, 6.07) is 12.7. The number of rotatable bonds is 9. The smallest absolute Gasteiger partial charge is 0.348 e. The summed E-state index contributed by atoms with van der Waals surface area (Å²) in [4.78, 5) is 24.5. The van der Waals surface area contributed by atoms with E-state index in [9.17, 15) is 18.0 Å². The molecule has 0 bridgehead atoms. The summed E-state index contributed by atoms with van der Waals surface area (Å²) >= 11 is 1.31. The lowest BCUT2D eigenvalue weighted by atomic mass is 10.2. The van der Waals surface area contributed by atoms with Crippen molar-refractivity contribution in [3.63, 3.8) is 0 Å². The second-order valence-electron chi connectivity index (χ2n) is 7.09. The molecule has 2 aromatic carbocycles. The van der Waals surface area contributed by atoms with Gasteiger partial charge in [-0.15, -0.1) is 11.3 Å². The third kappa shape index (κ3) is 5.84. The van der Waals surface area contributed by atoms with Gasteiger partial charge in [0.25, 0.3) is 5.91 Å². The van der Waals surface area contributed by atoms with E-state index in [1.165, 1.54) is 42.7 Å². The molecule has 0 unspecified atom stereocenters. The Morgan fingerprint density at radius 1 is 1.09 bits per heavy atom. The fourth-order valence-electron chi connectivity index (χ4n) is 2.80. The zero-order valence-electron chi connectivity index (χ0n) is 17.9. The summed E-state index contributed by atoms with van der Waals surface area (Å²) in [5.74, 6) is -0.402. The van der Waals surface area contributed by atoms with Gasteiger partial charge in [-0.1, -0.05) is 6.92 Å². The Balaban J connectivity index is 1.58. The molecular weight excluding hydrogens is 452 g/mol. The number of esters is 1. The number of thiophene rings is 1. The largest absolute Gasteiger partial charge is 0.484 e. The van der Waals surface area contributed by atoms with Crippen LogP contribution in [-0.4, -0.2) is 40.1 Å². The first kappa shape index (κ1) is 23.7. The number of ether oxygens (including phenoxy) is 2. The molecule has 1 aromatic heterocycles. The summed E-state index contributed by atoms with van der Waals surface area (Å²) in [6.45, 7) is 3.45. The SMILES string of the molecule is CC[C@H](C)NS(=O)(=O)c1ccc(OCC(=O)Nc2ccc3sc(C(=O)OC)cc3c2)cc1. The molecule has 10 heteroatoms. The molecule has 170 valence electrons. The first-order valence-corrected chi connectivity index (χ1v) is 12.2. The zero-order chi connectivity index (χ0) is 23.3. The van der Waals surface area contributed by atoms with Crippen molar-refractivity contribution in [3.8, 4) is 5.75 Å². The van der Waals surface area contributed by atoms with Gasteiger partial charge in [-0.05, 0) is 67.3 Å². The van der Waals surface area contributed by atoms with Crippen LogP contribution in [0, 0.1) is 0 Å². The molecule has 3 rings (SSSR count). The second kappa shape index (κ2) is 10.1. The molecular formula is C22H24N2O6S2. The number of fused-ring (bicyclic) bond motifs is 1. The fourth-order valence-corrected chi connectivity index (χ4v) is 5.09. The number of benzene rings is 2. The first-order chi connectivity index (χ1) is 15.2. The Hall–Kier alpha value is -2.95. The molecule has 0 radical (unpaired) electrons. The minimum Gasteiger partial charge on any atom is -0.484 e. The predicted molar refractivity (Wildman–Crippen MR) is 124 cm³/mol. The molecule has 0 aliphatic rings. The highest BCUT2D eigenvalue weighted by atomic mass is 32.2. The summed E-state index contributed by atoms with van der Waals surface area (Å²) in [5.41, 5.74) is 0.567. The number of hydrogen-bond acceptors (Lipinski definition) is 7. The molecule has 0 saturated carbocycles. The zero-order valence-corrected chi connectivity index (χ0v) is 19.5. The molecule has 0 aliphatic heterocycles. The first-order valence-electron chi connectivity index (χ1n) is 9.88. The van der Waals surface area contributed by atoms with Crippen LogP contribution in [0.5, 0.6) is 5.75 Å². The molecule has 0 aliphatic carbocycles. The van der Waals surface area contributed by atoms with Gasteiger partial charge in [0.15, 0.2) is 6.61 Å². The van der Waals surface area contributed by atoms with Gasteiger partial charge in [0, 0.05) is 16.4 Å². The van der Waals surface area contributed by atoms with Crippen LogP contribution in [0.1, 0.15) is 29.9 Å². The van der Waals surface area contributed by atoms with Gasteiger partial charge in [0.05, 0.1) is 12.0 Å². The van der Waals surface area contributed by atoms with Crippen LogP contribution in [-0.2, 0) is 19.6 Å². The molecule has 0 saturated heterocycles. The number of carbonyl (C=O) groups excluding carboxylic acids is 2. The van der Waals surface area contributed by atoms with Gasteiger partial charge in [-0.25, -0.2) is 17.9 Å². The number of anilines is 1. The van der Waals surface area contributed by atoms with E-state index in [0.29, 0.717) is 22.7 Å². The number of carbonyl (C=O) groups is 2. The molecule has 1 atom stereocenters. The molecule has 1 amide bonds. The van der Waals surface area contributed by atoms with Gasteiger partial charge in [0.1, 0.15) is 10.6 Å².